The maximum Gasteiger partial charge on any atom is 0.0538 e. The molecule has 0 aliphatic carbocycles. The van der Waals surface area contributed by atoms with Gasteiger partial charge >= 0.3 is 0 Å². The second-order valence-corrected chi connectivity index (χ2v) is 5.03. The van der Waals surface area contributed by atoms with Gasteiger partial charge < -0.3 is 10.1 Å². The van der Waals surface area contributed by atoms with E-state index in [1.54, 1.807) is 0 Å². The second kappa shape index (κ2) is 6.49. The standard InChI is InChI=1S/C13H27NO/c1-4-6-12(3)13(7-9-15-11-13)10-14-8-5-2/h12,14H,4-11H2,1-3H3. The van der Waals surface area contributed by atoms with Gasteiger partial charge in [0.15, 0.2) is 0 Å². The van der Waals surface area contributed by atoms with Crippen molar-refractivity contribution in [2.45, 2.75) is 46.5 Å². The summed E-state index contributed by atoms with van der Waals surface area (Å²) in [5, 5.41) is 3.58. The monoisotopic (exact) mass is 213 g/mol. The van der Waals surface area contributed by atoms with E-state index in [0.717, 1.165) is 32.2 Å². The van der Waals surface area contributed by atoms with Gasteiger partial charge in [-0.2, -0.15) is 0 Å². The summed E-state index contributed by atoms with van der Waals surface area (Å²) in [6, 6.07) is 0. The Morgan fingerprint density at radius 2 is 2.13 bits per heavy atom. The maximum absolute atomic E-state index is 5.62. The minimum absolute atomic E-state index is 0.422. The fraction of sp³-hybridized carbons (Fsp3) is 1.00. The Labute approximate surface area is 94.8 Å². The Morgan fingerprint density at radius 3 is 2.67 bits per heavy atom. The zero-order valence-corrected chi connectivity index (χ0v) is 10.6. The number of ether oxygens (including phenoxy) is 1. The Balaban J connectivity index is 2.45. The Kier molecular flexibility index (Phi) is 5.62. The Hall–Kier alpha value is -0.0800. The molecule has 1 fully saturated rings. The normalized spacial score (nSPS) is 28.2. The van der Waals surface area contributed by atoms with Crippen molar-refractivity contribution in [3.05, 3.63) is 0 Å². The fourth-order valence-corrected chi connectivity index (χ4v) is 2.58. The summed E-state index contributed by atoms with van der Waals surface area (Å²) in [6.45, 7) is 11.1. The molecule has 90 valence electrons. The number of hydrogen-bond donors (Lipinski definition) is 1. The summed E-state index contributed by atoms with van der Waals surface area (Å²) in [4.78, 5) is 0. The molecule has 1 heterocycles. The molecule has 0 radical (unpaired) electrons. The largest absolute Gasteiger partial charge is 0.381 e. The molecule has 2 nitrogen and oxygen atoms in total. The van der Waals surface area contributed by atoms with E-state index in [9.17, 15) is 0 Å². The van der Waals surface area contributed by atoms with Crippen LogP contribution in [0, 0.1) is 11.3 Å². The molecular formula is C13H27NO. The maximum atomic E-state index is 5.62. The van der Waals surface area contributed by atoms with E-state index in [1.807, 2.05) is 0 Å². The van der Waals surface area contributed by atoms with E-state index >= 15 is 0 Å². The predicted molar refractivity (Wildman–Crippen MR) is 65.1 cm³/mol. The van der Waals surface area contributed by atoms with Crippen molar-refractivity contribution >= 4 is 0 Å². The molecule has 1 aliphatic rings. The molecule has 0 saturated carbocycles. The first-order valence-corrected chi connectivity index (χ1v) is 6.53. The molecule has 2 unspecified atom stereocenters. The molecule has 1 N–H and O–H groups in total. The van der Waals surface area contributed by atoms with Gasteiger partial charge in [0, 0.05) is 18.6 Å². The molecule has 0 aromatic rings. The van der Waals surface area contributed by atoms with Crippen LogP contribution < -0.4 is 5.32 Å². The van der Waals surface area contributed by atoms with E-state index in [4.69, 9.17) is 4.74 Å². The molecule has 0 amide bonds. The van der Waals surface area contributed by atoms with Crippen LogP contribution in [0.1, 0.15) is 46.5 Å². The van der Waals surface area contributed by atoms with Crippen molar-refractivity contribution in [2.75, 3.05) is 26.3 Å². The third kappa shape index (κ3) is 3.46. The van der Waals surface area contributed by atoms with Crippen molar-refractivity contribution in [1.29, 1.82) is 0 Å². The Bertz CT molecular complexity index is 164. The third-order valence-electron chi connectivity index (χ3n) is 3.80. The predicted octanol–water partition coefficient (Wildman–Crippen LogP) is 2.83. The highest BCUT2D eigenvalue weighted by Gasteiger charge is 2.38. The van der Waals surface area contributed by atoms with E-state index in [-0.39, 0.29) is 0 Å². The van der Waals surface area contributed by atoms with E-state index in [0.29, 0.717) is 5.41 Å². The molecular weight excluding hydrogens is 186 g/mol. The molecule has 15 heavy (non-hydrogen) atoms. The lowest BCUT2D eigenvalue weighted by Crippen LogP contribution is -2.40. The smallest absolute Gasteiger partial charge is 0.0538 e. The van der Waals surface area contributed by atoms with Gasteiger partial charge in [-0.25, -0.2) is 0 Å². The van der Waals surface area contributed by atoms with Gasteiger partial charge in [0.2, 0.25) is 0 Å². The van der Waals surface area contributed by atoms with Crippen LogP contribution in [0.2, 0.25) is 0 Å². The summed E-state index contributed by atoms with van der Waals surface area (Å²) < 4.78 is 5.62. The number of nitrogens with one attached hydrogen (secondary N) is 1. The molecule has 0 spiro atoms. The topological polar surface area (TPSA) is 21.3 Å². The van der Waals surface area contributed by atoms with Gasteiger partial charge in [0.25, 0.3) is 0 Å². The second-order valence-electron chi connectivity index (χ2n) is 5.03. The molecule has 0 bridgehead atoms. The lowest BCUT2D eigenvalue weighted by molar-refractivity contribution is 0.106. The highest BCUT2D eigenvalue weighted by molar-refractivity contribution is 4.89. The molecule has 2 atom stereocenters. The van der Waals surface area contributed by atoms with Crippen molar-refractivity contribution < 1.29 is 4.74 Å². The van der Waals surface area contributed by atoms with Crippen LogP contribution in [-0.2, 0) is 4.74 Å². The highest BCUT2D eigenvalue weighted by atomic mass is 16.5. The third-order valence-corrected chi connectivity index (χ3v) is 3.80. The SMILES string of the molecule is CCCNCC1(C(C)CCC)CCOC1. The van der Waals surface area contributed by atoms with Crippen LogP contribution in [0.25, 0.3) is 0 Å². The van der Waals surface area contributed by atoms with Crippen molar-refractivity contribution in [3.8, 4) is 0 Å². The molecule has 1 saturated heterocycles. The number of hydrogen-bond acceptors (Lipinski definition) is 2. The average molecular weight is 213 g/mol. The van der Waals surface area contributed by atoms with E-state index in [1.165, 1.54) is 25.7 Å². The van der Waals surface area contributed by atoms with Crippen molar-refractivity contribution in [1.82, 2.24) is 5.32 Å². The first kappa shape index (κ1) is 13.0. The van der Waals surface area contributed by atoms with Crippen LogP contribution >= 0.6 is 0 Å². The summed E-state index contributed by atoms with van der Waals surface area (Å²) in [5.41, 5.74) is 0.422. The molecule has 1 rings (SSSR count). The molecule has 0 aromatic carbocycles. The zero-order chi connectivity index (χ0) is 11.1. The lowest BCUT2D eigenvalue weighted by atomic mass is 9.73. The van der Waals surface area contributed by atoms with Gasteiger partial charge in [0.1, 0.15) is 0 Å². The van der Waals surface area contributed by atoms with Gasteiger partial charge in [-0.1, -0.05) is 33.6 Å². The summed E-state index contributed by atoms with van der Waals surface area (Å²) >= 11 is 0. The first-order valence-electron chi connectivity index (χ1n) is 6.53. The molecule has 1 aliphatic heterocycles. The van der Waals surface area contributed by atoms with Crippen molar-refractivity contribution in [3.63, 3.8) is 0 Å². The molecule has 0 aromatic heterocycles. The quantitative estimate of drug-likeness (QED) is 0.657. The average Bonchev–Trinajstić information content (AvgIpc) is 2.69. The van der Waals surface area contributed by atoms with Crippen LogP contribution in [0.4, 0.5) is 0 Å². The van der Waals surface area contributed by atoms with Gasteiger partial charge in [0.05, 0.1) is 6.61 Å². The molecule has 2 heteroatoms. The van der Waals surface area contributed by atoms with Crippen molar-refractivity contribution in [2.24, 2.45) is 11.3 Å². The van der Waals surface area contributed by atoms with Gasteiger partial charge in [-0.05, 0) is 25.3 Å². The van der Waals surface area contributed by atoms with Crippen LogP contribution in [0.15, 0.2) is 0 Å². The fourth-order valence-electron chi connectivity index (χ4n) is 2.58. The Morgan fingerprint density at radius 1 is 1.33 bits per heavy atom. The summed E-state index contributed by atoms with van der Waals surface area (Å²) in [6.07, 6.45) is 5.08. The first-order chi connectivity index (χ1) is 7.25. The van der Waals surface area contributed by atoms with Crippen LogP contribution in [0.5, 0.6) is 0 Å². The number of rotatable bonds is 7. The summed E-state index contributed by atoms with van der Waals surface area (Å²) in [7, 11) is 0. The minimum Gasteiger partial charge on any atom is -0.381 e. The van der Waals surface area contributed by atoms with Gasteiger partial charge in [-0.15, -0.1) is 0 Å². The summed E-state index contributed by atoms with van der Waals surface area (Å²) in [5.74, 6) is 0.786. The van der Waals surface area contributed by atoms with E-state index < -0.39 is 0 Å². The van der Waals surface area contributed by atoms with Crippen LogP contribution in [-0.4, -0.2) is 26.3 Å². The highest BCUT2D eigenvalue weighted by Crippen LogP contribution is 2.38. The minimum atomic E-state index is 0.422. The van der Waals surface area contributed by atoms with Crippen LogP contribution in [0.3, 0.4) is 0 Å². The zero-order valence-electron chi connectivity index (χ0n) is 10.6. The van der Waals surface area contributed by atoms with Gasteiger partial charge in [-0.3, -0.25) is 0 Å². The van der Waals surface area contributed by atoms with E-state index in [2.05, 4.69) is 26.1 Å². The lowest BCUT2D eigenvalue weighted by Gasteiger charge is -2.34.